The quantitative estimate of drug-likeness (QED) is 0.708. The normalized spacial score (nSPS) is 25.0. The first-order valence-corrected chi connectivity index (χ1v) is 10.0. The highest BCUT2D eigenvalue weighted by Crippen LogP contribution is 2.46. The number of aromatic nitrogens is 2. The molecular formula is C21H27FN4O3. The lowest BCUT2D eigenvalue weighted by atomic mass is 9.89. The molecule has 3 heterocycles. The van der Waals surface area contributed by atoms with Crippen LogP contribution < -0.4 is 0 Å². The summed E-state index contributed by atoms with van der Waals surface area (Å²) >= 11 is 0. The number of hydrogen-bond donors (Lipinski definition) is 1. The number of ether oxygens (including phenoxy) is 1. The third-order valence-corrected chi connectivity index (χ3v) is 5.48. The van der Waals surface area contributed by atoms with Crippen molar-refractivity contribution < 1.29 is 19.0 Å². The highest BCUT2D eigenvalue weighted by Gasteiger charge is 2.46. The molecule has 7 nitrogen and oxygen atoms in total. The predicted molar refractivity (Wildman–Crippen MR) is 104 cm³/mol. The smallest absolute Gasteiger partial charge is 0.226 e. The highest BCUT2D eigenvalue weighted by atomic mass is 19.1. The zero-order valence-corrected chi connectivity index (χ0v) is 16.7. The van der Waals surface area contributed by atoms with Crippen LogP contribution in [0.2, 0.25) is 0 Å². The Labute approximate surface area is 170 Å². The molecule has 2 aliphatic heterocycles. The molecule has 0 aliphatic carbocycles. The maximum Gasteiger partial charge on any atom is 0.226 e. The van der Waals surface area contributed by atoms with E-state index in [0.717, 1.165) is 6.42 Å². The van der Waals surface area contributed by atoms with Crippen LogP contribution in [0.5, 0.6) is 0 Å². The number of halogens is 1. The Kier molecular flexibility index (Phi) is 6.83. The number of hydrogen-bond acceptors (Lipinski definition) is 5. The number of nitriles is 1. The maximum atomic E-state index is 14.9. The van der Waals surface area contributed by atoms with Crippen molar-refractivity contribution in [2.75, 3.05) is 26.3 Å². The second kappa shape index (κ2) is 9.33. The van der Waals surface area contributed by atoms with Gasteiger partial charge in [-0.3, -0.25) is 4.79 Å². The predicted octanol–water partition coefficient (Wildman–Crippen LogP) is 2.76. The van der Waals surface area contributed by atoms with Gasteiger partial charge in [-0.25, -0.2) is 9.37 Å². The maximum absolute atomic E-state index is 14.9. The summed E-state index contributed by atoms with van der Waals surface area (Å²) in [4.78, 5) is 18.6. The molecule has 0 aromatic carbocycles. The lowest BCUT2D eigenvalue weighted by molar-refractivity contribution is -0.141. The summed E-state index contributed by atoms with van der Waals surface area (Å²) < 4.78 is 21.9. The molecule has 1 fully saturated rings. The van der Waals surface area contributed by atoms with Crippen LogP contribution in [0.4, 0.5) is 4.39 Å². The average Bonchev–Trinajstić information content (AvgIpc) is 3.31. The van der Waals surface area contributed by atoms with Crippen LogP contribution >= 0.6 is 0 Å². The Hall–Kier alpha value is -2.50. The number of rotatable bonds is 7. The molecule has 1 saturated heterocycles. The number of aliphatic hydroxyl groups is 1. The number of amides is 1. The van der Waals surface area contributed by atoms with Gasteiger partial charge in [-0.1, -0.05) is 19.4 Å². The minimum absolute atomic E-state index is 0.0292. The van der Waals surface area contributed by atoms with Crippen LogP contribution in [0.3, 0.4) is 0 Å². The van der Waals surface area contributed by atoms with E-state index in [9.17, 15) is 14.3 Å². The number of carbonyl (C=O) groups excluding carboxylic acids is 1. The molecule has 0 saturated carbocycles. The van der Waals surface area contributed by atoms with Gasteiger partial charge in [-0.15, -0.1) is 0 Å². The van der Waals surface area contributed by atoms with Crippen LogP contribution in [0.25, 0.3) is 0 Å². The second-order valence-electron chi connectivity index (χ2n) is 7.47. The van der Waals surface area contributed by atoms with E-state index in [0.29, 0.717) is 44.0 Å². The zero-order valence-electron chi connectivity index (χ0n) is 16.7. The number of fused-ring (bicyclic) bond motifs is 1. The summed E-state index contributed by atoms with van der Waals surface area (Å²) in [6.45, 7) is 3.99. The van der Waals surface area contributed by atoms with Crippen molar-refractivity contribution >= 4 is 5.91 Å². The first-order chi connectivity index (χ1) is 14.0. The Bertz CT molecular complexity index is 835. The van der Waals surface area contributed by atoms with E-state index in [-0.39, 0.29) is 25.2 Å². The fourth-order valence-corrected chi connectivity index (χ4v) is 3.98. The van der Waals surface area contributed by atoms with Gasteiger partial charge in [0.25, 0.3) is 0 Å². The second-order valence-corrected chi connectivity index (χ2v) is 7.47. The molecule has 8 heteroatoms. The van der Waals surface area contributed by atoms with Crippen molar-refractivity contribution in [3.05, 3.63) is 41.8 Å². The van der Waals surface area contributed by atoms with Crippen LogP contribution in [0.1, 0.15) is 50.8 Å². The zero-order chi connectivity index (χ0) is 20.9. The van der Waals surface area contributed by atoms with E-state index >= 15 is 0 Å². The highest BCUT2D eigenvalue weighted by molar-refractivity contribution is 5.77. The molecule has 1 aromatic heterocycles. The SMILES string of the molecule is CCC/C=C(\C(F)=C/CC#N)[C@H]1C[C@](O)(CC(=O)N2CCOCC2)c2cncn21. The molecule has 0 bridgehead atoms. The van der Waals surface area contributed by atoms with Crippen molar-refractivity contribution in [1.82, 2.24) is 14.5 Å². The number of imidazole rings is 1. The third-order valence-electron chi connectivity index (χ3n) is 5.48. The van der Waals surface area contributed by atoms with Crippen LogP contribution in [0.15, 0.2) is 36.1 Å². The first kappa shape index (κ1) is 21.2. The molecule has 1 amide bonds. The molecule has 2 aliphatic rings. The topological polar surface area (TPSA) is 91.4 Å². The molecule has 1 N–H and O–H groups in total. The number of carbonyl (C=O) groups is 1. The number of unbranched alkanes of at least 4 members (excludes halogenated alkanes) is 1. The number of nitrogens with zero attached hydrogens (tertiary/aromatic N) is 4. The fourth-order valence-electron chi connectivity index (χ4n) is 3.98. The van der Waals surface area contributed by atoms with E-state index in [2.05, 4.69) is 4.98 Å². The van der Waals surface area contributed by atoms with Crippen LogP contribution in [-0.2, 0) is 15.1 Å². The molecule has 1 aromatic rings. The lowest BCUT2D eigenvalue weighted by Crippen LogP contribution is -2.43. The fraction of sp³-hybridized carbons (Fsp3) is 0.571. The van der Waals surface area contributed by atoms with Gasteiger partial charge in [0.2, 0.25) is 5.91 Å². The van der Waals surface area contributed by atoms with Crippen LogP contribution in [0, 0.1) is 11.3 Å². The van der Waals surface area contributed by atoms with Gasteiger partial charge in [-0.05, 0) is 12.5 Å². The van der Waals surface area contributed by atoms with Gasteiger partial charge in [-0.2, -0.15) is 5.26 Å². The van der Waals surface area contributed by atoms with E-state index in [1.54, 1.807) is 22.0 Å². The molecule has 156 valence electrons. The van der Waals surface area contributed by atoms with E-state index in [1.807, 2.05) is 19.1 Å². The summed E-state index contributed by atoms with van der Waals surface area (Å²) in [5, 5.41) is 20.2. The third kappa shape index (κ3) is 4.57. The summed E-state index contributed by atoms with van der Waals surface area (Å²) in [5.41, 5.74) is -0.479. The monoisotopic (exact) mass is 402 g/mol. The van der Waals surface area contributed by atoms with Crippen molar-refractivity contribution in [1.29, 1.82) is 5.26 Å². The molecule has 0 spiro atoms. The molecule has 2 atom stereocenters. The summed E-state index contributed by atoms with van der Waals surface area (Å²) in [6, 6.07) is 1.45. The van der Waals surface area contributed by atoms with Crippen molar-refractivity contribution in [3.63, 3.8) is 0 Å². The standard InChI is InChI=1S/C21H27FN4O3/c1-2-3-5-16(17(22)6-4-7-23)18-12-21(28,19-14-24-15-26(18)19)13-20(27)25-8-10-29-11-9-25/h5-6,14-15,18,28H,2-4,8-13H2,1H3/b16-5+,17-6+/t18-,21+/m1/s1. The van der Waals surface area contributed by atoms with Gasteiger partial charge in [0, 0.05) is 25.1 Å². The van der Waals surface area contributed by atoms with Gasteiger partial charge >= 0.3 is 0 Å². The number of morpholine rings is 1. The molecule has 0 unspecified atom stereocenters. The summed E-state index contributed by atoms with van der Waals surface area (Å²) in [7, 11) is 0. The van der Waals surface area contributed by atoms with E-state index in [1.165, 1.54) is 6.08 Å². The van der Waals surface area contributed by atoms with Gasteiger partial charge in [0.1, 0.15) is 11.4 Å². The Balaban J connectivity index is 1.87. The first-order valence-electron chi connectivity index (χ1n) is 10.0. The van der Waals surface area contributed by atoms with E-state index < -0.39 is 17.5 Å². The molecule has 3 rings (SSSR count). The van der Waals surface area contributed by atoms with Crippen molar-refractivity contribution in [2.24, 2.45) is 0 Å². The van der Waals surface area contributed by atoms with Crippen LogP contribution in [-0.4, -0.2) is 51.8 Å². The molecular weight excluding hydrogens is 375 g/mol. The Morgan fingerprint density at radius 1 is 1.48 bits per heavy atom. The minimum atomic E-state index is -1.42. The molecule has 0 radical (unpaired) electrons. The Morgan fingerprint density at radius 3 is 2.93 bits per heavy atom. The number of allylic oxidation sites excluding steroid dienone is 4. The van der Waals surface area contributed by atoms with Gasteiger partial charge in [0.15, 0.2) is 0 Å². The van der Waals surface area contributed by atoms with Gasteiger partial charge in [0.05, 0.1) is 56.4 Å². The summed E-state index contributed by atoms with van der Waals surface area (Å²) in [6.07, 6.45) is 7.77. The van der Waals surface area contributed by atoms with Gasteiger partial charge < -0.3 is 19.3 Å². The van der Waals surface area contributed by atoms with Crippen molar-refractivity contribution in [2.45, 2.75) is 50.7 Å². The largest absolute Gasteiger partial charge is 0.383 e. The van der Waals surface area contributed by atoms with E-state index in [4.69, 9.17) is 10.00 Å². The van der Waals surface area contributed by atoms with Crippen molar-refractivity contribution in [3.8, 4) is 6.07 Å². The average molecular weight is 402 g/mol. The summed E-state index contributed by atoms with van der Waals surface area (Å²) in [5.74, 6) is -0.614. The Morgan fingerprint density at radius 2 is 2.24 bits per heavy atom. The molecule has 29 heavy (non-hydrogen) atoms. The minimum Gasteiger partial charge on any atom is -0.383 e. The lowest BCUT2D eigenvalue weighted by Gasteiger charge is -2.30.